The third-order valence-electron chi connectivity index (χ3n) is 4.98. The van der Waals surface area contributed by atoms with Crippen molar-refractivity contribution in [3.8, 4) is 0 Å². The van der Waals surface area contributed by atoms with Crippen LogP contribution in [0.1, 0.15) is 42.0 Å². The minimum atomic E-state index is 0.373. The largest absolute Gasteiger partial charge is 0.377 e. The van der Waals surface area contributed by atoms with Gasteiger partial charge in [0.1, 0.15) is 0 Å². The maximum absolute atomic E-state index is 5.91. The second-order valence-corrected chi connectivity index (χ2v) is 7.88. The van der Waals surface area contributed by atoms with Gasteiger partial charge >= 0.3 is 0 Å². The molecule has 1 aliphatic heterocycles. The number of hydrogen-bond donors (Lipinski definition) is 0. The van der Waals surface area contributed by atoms with E-state index in [9.17, 15) is 0 Å². The van der Waals surface area contributed by atoms with E-state index in [1.165, 1.54) is 39.6 Å². The summed E-state index contributed by atoms with van der Waals surface area (Å²) in [6, 6.07) is 15.5. The molecule has 0 radical (unpaired) electrons. The highest BCUT2D eigenvalue weighted by atomic mass is 79.9. The Morgan fingerprint density at radius 2 is 1.84 bits per heavy atom. The molecule has 0 N–H and O–H groups in total. The van der Waals surface area contributed by atoms with Crippen LogP contribution in [0.3, 0.4) is 0 Å². The first-order valence-electron chi connectivity index (χ1n) is 9.31. The lowest BCUT2D eigenvalue weighted by Gasteiger charge is -2.27. The van der Waals surface area contributed by atoms with Crippen LogP contribution in [-0.4, -0.2) is 24.2 Å². The van der Waals surface area contributed by atoms with Crippen LogP contribution in [0.2, 0.25) is 0 Å². The van der Waals surface area contributed by atoms with Crippen LogP contribution in [-0.2, 0) is 24.2 Å². The molecule has 1 saturated heterocycles. The maximum Gasteiger partial charge on any atom is 0.0703 e. The number of ether oxygens (including phenoxy) is 1. The zero-order valence-electron chi connectivity index (χ0n) is 15.3. The van der Waals surface area contributed by atoms with E-state index in [0.29, 0.717) is 6.10 Å². The molecule has 0 amide bonds. The Labute approximate surface area is 160 Å². The van der Waals surface area contributed by atoms with Gasteiger partial charge in [-0.15, -0.1) is 0 Å². The molecule has 1 aliphatic rings. The zero-order valence-corrected chi connectivity index (χ0v) is 16.9. The van der Waals surface area contributed by atoms with Crippen molar-refractivity contribution >= 4 is 15.9 Å². The zero-order chi connectivity index (χ0) is 17.6. The van der Waals surface area contributed by atoms with Gasteiger partial charge in [-0.3, -0.25) is 4.90 Å². The third kappa shape index (κ3) is 5.16. The Hall–Kier alpha value is -1.16. The Bertz CT molecular complexity index is 694. The van der Waals surface area contributed by atoms with E-state index in [4.69, 9.17) is 4.74 Å². The predicted molar refractivity (Wildman–Crippen MR) is 108 cm³/mol. The number of rotatable bonds is 7. The molecule has 2 aromatic rings. The smallest absolute Gasteiger partial charge is 0.0703 e. The molecule has 0 bridgehead atoms. The summed E-state index contributed by atoms with van der Waals surface area (Å²) < 4.78 is 7.11. The molecule has 0 spiro atoms. The lowest BCUT2D eigenvalue weighted by atomic mass is 10.0. The van der Waals surface area contributed by atoms with Crippen molar-refractivity contribution in [2.75, 3.05) is 13.2 Å². The molecule has 1 fully saturated rings. The Morgan fingerprint density at radius 3 is 2.52 bits per heavy atom. The maximum atomic E-state index is 5.91. The SMILES string of the molecule is CCc1ccccc1CN(Cc1ccc(C)cc1Br)CC1CCCO1. The molecule has 0 aliphatic carbocycles. The second-order valence-electron chi connectivity index (χ2n) is 7.02. The molecule has 1 heterocycles. The van der Waals surface area contributed by atoms with E-state index < -0.39 is 0 Å². The predicted octanol–water partition coefficient (Wildman–Crippen LogP) is 5.50. The Kier molecular flexibility index (Phi) is 6.69. The van der Waals surface area contributed by atoms with Gasteiger partial charge in [0.05, 0.1) is 6.10 Å². The molecule has 1 atom stereocenters. The average molecular weight is 402 g/mol. The van der Waals surface area contributed by atoms with E-state index in [1.807, 2.05) is 0 Å². The van der Waals surface area contributed by atoms with Crippen LogP contribution < -0.4 is 0 Å². The molecule has 134 valence electrons. The molecular formula is C22H28BrNO. The first-order valence-corrected chi connectivity index (χ1v) is 10.1. The standard InChI is InChI=1S/C22H28BrNO/c1-3-18-7-4-5-8-19(18)14-24(16-21-9-6-12-25-21)15-20-11-10-17(2)13-22(20)23/h4-5,7-8,10-11,13,21H,3,6,9,12,14-16H2,1-2H3. The number of benzene rings is 2. The lowest BCUT2D eigenvalue weighted by molar-refractivity contribution is 0.0677. The fourth-order valence-corrected chi connectivity index (χ4v) is 4.20. The van der Waals surface area contributed by atoms with Crippen LogP contribution in [0, 0.1) is 6.92 Å². The monoisotopic (exact) mass is 401 g/mol. The molecule has 2 aromatic carbocycles. The second kappa shape index (κ2) is 8.98. The van der Waals surface area contributed by atoms with Crippen LogP contribution in [0.25, 0.3) is 0 Å². The highest BCUT2D eigenvalue weighted by Gasteiger charge is 2.20. The van der Waals surface area contributed by atoms with E-state index in [2.05, 4.69) is 77.1 Å². The molecule has 25 heavy (non-hydrogen) atoms. The summed E-state index contributed by atoms with van der Waals surface area (Å²) >= 11 is 3.74. The summed E-state index contributed by atoms with van der Waals surface area (Å²) in [7, 11) is 0. The van der Waals surface area contributed by atoms with Crippen LogP contribution in [0.15, 0.2) is 46.9 Å². The summed E-state index contributed by atoms with van der Waals surface area (Å²) in [5, 5.41) is 0. The first kappa shape index (κ1) is 18.6. The molecule has 1 unspecified atom stereocenters. The van der Waals surface area contributed by atoms with Gasteiger partial charge in [-0.2, -0.15) is 0 Å². The van der Waals surface area contributed by atoms with E-state index in [0.717, 1.165) is 32.7 Å². The first-order chi connectivity index (χ1) is 12.2. The van der Waals surface area contributed by atoms with Crippen molar-refractivity contribution in [1.29, 1.82) is 0 Å². The summed E-state index contributed by atoms with van der Waals surface area (Å²) in [5.74, 6) is 0. The molecule has 0 aromatic heterocycles. The van der Waals surface area contributed by atoms with Gasteiger partial charge in [0, 0.05) is 30.7 Å². The van der Waals surface area contributed by atoms with Crippen molar-refractivity contribution in [3.05, 3.63) is 69.2 Å². The molecule has 3 heteroatoms. The quantitative estimate of drug-likeness (QED) is 0.606. The minimum absolute atomic E-state index is 0.373. The summed E-state index contributed by atoms with van der Waals surface area (Å²) in [6.45, 7) is 8.20. The fourth-order valence-electron chi connectivity index (χ4n) is 3.58. The van der Waals surface area contributed by atoms with Gasteiger partial charge < -0.3 is 4.74 Å². The molecule has 3 rings (SSSR count). The van der Waals surface area contributed by atoms with E-state index in [1.54, 1.807) is 0 Å². The van der Waals surface area contributed by atoms with E-state index >= 15 is 0 Å². The number of aryl methyl sites for hydroxylation is 2. The van der Waals surface area contributed by atoms with Gasteiger partial charge in [-0.1, -0.05) is 59.3 Å². The summed E-state index contributed by atoms with van der Waals surface area (Å²) in [4.78, 5) is 2.54. The molecule has 2 nitrogen and oxygen atoms in total. The average Bonchev–Trinajstić information content (AvgIpc) is 3.11. The van der Waals surface area contributed by atoms with Gasteiger partial charge in [0.15, 0.2) is 0 Å². The number of hydrogen-bond acceptors (Lipinski definition) is 2. The minimum Gasteiger partial charge on any atom is -0.377 e. The van der Waals surface area contributed by atoms with Crippen molar-refractivity contribution in [2.24, 2.45) is 0 Å². The highest BCUT2D eigenvalue weighted by molar-refractivity contribution is 9.10. The third-order valence-corrected chi connectivity index (χ3v) is 5.72. The van der Waals surface area contributed by atoms with Gasteiger partial charge in [0.25, 0.3) is 0 Å². The van der Waals surface area contributed by atoms with Crippen molar-refractivity contribution in [3.63, 3.8) is 0 Å². The lowest BCUT2D eigenvalue weighted by Crippen LogP contribution is -2.32. The van der Waals surface area contributed by atoms with Gasteiger partial charge in [-0.05, 0) is 54.5 Å². The van der Waals surface area contributed by atoms with Gasteiger partial charge in [0.2, 0.25) is 0 Å². The highest BCUT2D eigenvalue weighted by Crippen LogP contribution is 2.23. The van der Waals surface area contributed by atoms with Crippen LogP contribution in [0.5, 0.6) is 0 Å². The normalized spacial score (nSPS) is 17.4. The van der Waals surface area contributed by atoms with Crippen molar-refractivity contribution in [2.45, 2.75) is 52.3 Å². The Balaban J connectivity index is 1.78. The van der Waals surface area contributed by atoms with E-state index in [-0.39, 0.29) is 0 Å². The number of halogens is 1. The van der Waals surface area contributed by atoms with Crippen LogP contribution >= 0.6 is 15.9 Å². The summed E-state index contributed by atoms with van der Waals surface area (Å²) in [5.41, 5.74) is 5.52. The van der Waals surface area contributed by atoms with Crippen molar-refractivity contribution < 1.29 is 4.74 Å². The fraction of sp³-hybridized carbons (Fsp3) is 0.455. The van der Waals surface area contributed by atoms with Crippen LogP contribution in [0.4, 0.5) is 0 Å². The molecular weight excluding hydrogens is 374 g/mol. The van der Waals surface area contributed by atoms with Gasteiger partial charge in [-0.25, -0.2) is 0 Å². The topological polar surface area (TPSA) is 12.5 Å². The summed E-state index contributed by atoms with van der Waals surface area (Å²) in [6.07, 6.45) is 3.83. The molecule has 0 saturated carbocycles. The Morgan fingerprint density at radius 1 is 1.08 bits per heavy atom. The number of nitrogens with zero attached hydrogens (tertiary/aromatic N) is 1. The van der Waals surface area contributed by atoms with Crippen molar-refractivity contribution in [1.82, 2.24) is 4.90 Å².